The van der Waals surface area contributed by atoms with Gasteiger partial charge in [-0.3, -0.25) is 9.59 Å². The van der Waals surface area contributed by atoms with Gasteiger partial charge in [-0.25, -0.2) is 4.90 Å². The summed E-state index contributed by atoms with van der Waals surface area (Å²) in [5.41, 5.74) is 2.50. The van der Waals surface area contributed by atoms with Gasteiger partial charge in [0.05, 0.1) is 16.8 Å². The number of nitrogens with zero attached hydrogens (tertiary/aromatic N) is 1. The molecule has 0 unspecified atom stereocenters. The van der Waals surface area contributed by atoms with Crippen LogP contribution >= 0.6 is 15.9 Å². The van der Waals surface area contributed by atoms with Gasteiger partial charge in [-0.05, 0) is 23.8 Å². The number of halogens is 1. The van der Waals surface area contributed by atoms with Crippen molar-refractivity contribution in [3.05, 3.63) is 65.2 Å². The molecule has 1 aliphatic rings. The lowest BCUT2D eigenvalue weighted by Gasteiger charge is -2.17. The SMILES string of the molecule is O=C1c2ccccc2C(=O)N1c1ccccc1CBr. The van der Waals surface area contributed by atoms with Gasteiger partial charge in [-0.2, -0.15) is 0 Å². The molecule has 4 heteroatoms. The number of anilines is 1. The van der Waals surface area contributed by atoms with Crippen molar-refractivity contribution < 1.29 is 9.59 Å². The fourth-order valence-corrected chi connectivity index (χ4v) is 2.72. The molecule has 0 N–H and O–H groups in total. The van der Waals surface area contributed by atoms with E-state index in [1.165, 1.54) is 4.90 Å². The van der Waals surface area contributed by atoms with Crippen molar-refractivity contribution in [1.82, 2.24) is 0 Å². The number of alkyl halides is 1. The van der Waals surface area contributed by atoms with Gasteiger partial charge in [0.15, 0.2) is 0 Å². The summed E-state index contributed by atoms with van der Waals surface area (Å²) in [5.74, 6) is -0.511. The fraction of sp³-hybridized carbons (Fsp3) is 0.0667. The number of hydrogen-bond donors (Lipinski definition) is 0. The predicted molar refractivity (Wildman–Crippen MR) is 76.7 cm³/mol. The van der Waals surface area contributed by atoms with E-state index >= 15 is 0 Å². The van der Waals surface area contributed by atoms with Crippen molar-refractivity contribution in [2.24, 2.45) is 0 Å². The van der Waals surface area contributed by atoms with Gasteiger partial charge in [0.2, 0.25) is 0 Å². The first-order valence-electron chi connectivity index (χ1n) is 5.85. The van der Waals surface area contributed by atoms with Gasteiger partial charge < -0.3 is 0 Å². The molecule has 0 saturated carbocycles. The number of hydrogen-bond acceptors (Lipinski definition) is 2. The van der Waals surface area contributed by atoms with Crippen molar-refractivity contribution >= 4 is 33.4 Å². The Labute approximate surface area is 119 Å². The van der Waals surface area contributed by atoms with Gasteiger partial charge in [0.1, 0.15) is 0 Å². The van der Waals surface area contributed by atoms with Crippen LogP contribution in [0.1, 0.15) is 26.3 Å². The number of imide groups is 1. The molecule has 94 valence electrons. The van der Waals surface area contributed by atoms with Gasteiger partial charge in [-0.1, -0.05) is 46.3 Å². The first-order chi connectivity index (χ1) is 9.24. The lowest BCUT2D eigenvalue weighted by molar-refractivity contribution is 0.0926. The van der Waals surface area contributed by atoms with Crippen molar-refractivity contribution in [1.29, 1.82) is 0 Å². The maximum absolute atomic E-state index is 12.4. The highest BCUT2D eigenvalue weighted by Crippen LogP contribution is 2.31. The Morgan fingerprint density at radius 3 is 1.95 bits per heavy atom. The molecule has 0 aromatic heterocycles. The molecule has 0 bridgehead atoms. The Balaban J connectivity index is 2.14. The lowest BCUT2D eigenvalue weighted by Crippen LogP contribution is -2.30. The van der Waals surface area contributed by atoms with E-state index in [0.717, 1.165) is 5.56 Å². The predicted octanol–water partition coefficient (Wildman–Crippen LogP) is 3.38. The topological polar surface area (TPSA) is 37.4 Å². The van der Waals surface area contributed by atoms with Crippen LogP contribution in [0.2, 0.25) is 0 Å². The average Bonchev–Trinajstić information content (AvgIpc) is 2.71. The van der Waals surface area contributed by atoms with Crippen molar-refractivity contribution in [3.8, 4) is 0 Å². The number of carbonyl (C=O) groups is 2. The maximum atomic E-state index is 12.4. The van der Waals surface area contributed by atoms with E-state index in [1.807, 2.05) is 18.2 Å². The van der Waals surface area contributed by atoms with E-state index in [1.54, 1.807) is 30.3 Å². The summed E-state index contributed by atoms with van der Waals surface area (Å²) in [4.78, 5) is 26.0. The standard InChI is InChI=1S/C15H10BrNO2/c16-9-10-5-1-4-8-13(10)17-14(18)11-6-2-3-7-12(11)15(17)19/h1-8H,9H2. The maximum Gasteiger partial charge on any atom is 0.266 e. The van der Waals surface area contributed by atoms with Gasteiger partial charge in [0, 0.05) is 5.33 Å². The summed E-state index contributed by atoms with van der Waals surface area (Å²) in [6.07, 6.45) is 0. The van der Waals surface area contributed by atoms with E-state index in [-0.39, 0.29) is 11.8 Å². The molecule has 0 spiro atoms. The van der Waals surface area contributed by atoms with Crippen LogP contribution in [-0.4, -0.2) is 11.8 Å². The molecule has 19 heavy (non-hydrogen) atoms. The second-order valence-corrected chi connectivity index (χ2v) is 4.81. The van der Waals surface area contributed by atoms with Crippen molar-refractivity contribution in [2.45, 2.75) is 5.33 Å². The minimum atomic E-state index is -0.256. The molecule has 0 aliphatic carbocycles. The van der Waals surface area contributed by atoms with Crippen LogP contribution in [0, 0.1) is 0 Å². The number of carbonyl (C=O) groups excluding carboxylic acids is 2. The zero-order chi connectivity index (χ0) is 13.4. The van der Waals surface area contributed by atoms with Crippen LogP contribution in [0.25, 0.3) is 0 Å². The highest BCUT2D eigenvalue weighted by molar-refractivity contribution is 9.08. The van der Waals surface area contributed by atoms with E-state index in [4.69, 9.17) is 0 Å². The summed E-state index contributed by atoms with van der Waals surface area (Å²) in [5, 5.41) is 0.594. The molecular weight excluding hydrogens is 306 g/mol. The second-order valence-electron chi connectivity index (χ2n) is 4.25. The van der Waals surface area contributed by atoms with Gasteiger partial charge in [-0.15, -0.1) is 0 Å². The Morgan fingerprint density at radius 2 is 1.37 bits per heavy atom. The first kappa shape index (κ1) is 12.1. The van der Waals surface area contributed by atoms with E-state index in [0.29, 0.717) is 22.1 Å². The molecule has 0 radical (unpaired) electrons. The molecule has 0 saturated heterocycles. The van der Waals surface area contributed by atoms with Crippen molar-refractivity contribution in [2.75, 3.05) is 4.90 Å². The summed E-state index contributed by atoms with van der Waals surface area (Å²) < 4.78 is 0. The summed E-state index contributed by atoms with van der Waals surface area (Å²) in [6, 6.07) is 14.3. The number of fused-ring (bicyclic) bond motifs is 1. The van der Waals surface area contributed by atoms with Crippen LogP contribution in [0.4, 0.5) is 5.69 Å². The Morgan fingerprint density at radius 1 is 0.842 bits per heavy atom. The number of para-hydroxylation sites is 1. The normalized spacial score (nSPS) is 13.8. The van der Waals surface area contributed by atoms with Crippen molar-refractivity contribution in [3.63, 3.8) is 0 Å². The zero-order valence-electron chi connectivity index (χ0n) is 9.97. The average molecular weight is 316 g/mol. The third-order valence-corrected chi connectivity index (χ3v) is 3.77. The third-order valence-electron chi connectivity index (χ3n) is 3.17. The summed E-state index contributed by atoms with van der Waals surface area (Å²) in [6.45, 7) is 0. The van der Waals surface area contributed by atoms with Crippen LogP contribution in [0.15, 0.2) is 48.5 Å². The van der Waals surface area contributed by atoms with Gasteiger partial charge in [0.25, 0.3) is 11.8 Å². The van der Waals surface area contributed by atoms with Crippen LogP contribution in [0.5, 0.6) is 0 Å². The molecule has 2 aromatic rings. The first-order valence-corrected chi connectivity index (χ1v) is 6.98. The molecule has 1 heterocycles. The largest absolute Gasteiger partial charge is 0.268 e. The molecule has 3 nitrogen and oxygen atoms in total. The fourth-order valence-electron chi connectivity index (χ4n) is 2.25. The van der Waals surface area contributed by atoms with Crippen LogP contribution in [-0.2, 0) is 5.33 Å². The Hall–Kier alpha value is -1.94. The Bertz CT molecular complexity index is 646. The molecule has 2 aromatic carbocycles. The monoisotopic (exact) mass is 315 g/mol. The molecule has 2 amide bonds. The third kappa shape index (κ3) is 1.79. The molecular formula is C15H10BrNO2. The minimum absolute atomic E-state index is 0.256. The number of benzene rings is 2. The smallest absolute Gasteiger partial charge is 0.266 e. The van der Waals surface area contributed by atoms with Crippen LogP contribution in [0.3, 0.4) is 0 Å². The highest BCUT2D eigenvalue weighted by Gasteiger charge is 2.36. The molecule has 0 fully saturated rings. The molecule has 1 aliphatic heterocycles. The molecule has 0 atom stereocenters. The highest BCUT2D eigenvalue weighted by atomic mass is 79.9. The number of amides is 2. The van der Waals surface area contributed by atoms with E-state index in [2.05, 4.69) is 15.9 Å². The van der Waals surface area contributed by atoms with Gasteiger partial charge >= 0.3 is 0 Å². The summed E-state index contributed by atoms with van der Waals surface area (Å²) >= 11 is 3.38. The van der Waals surface area contributed by atoms with E-state index in [9.17, 15) is 9.59 Å². The summed E-state index contributed by atoms with van der Waals surface area (Å²) in [7, 11) is 0. The zero-order valence-corrected chi connectivity index (χ0v) is 11.6. The van der Waals surface area contributed by atoms with Crippen LogP contribution < -0.4 is 4.90 Å². The second kappa shape index (κ2) is 4.63. The lowest BCUT2D eigenvalue weighted by atomic mass is 10.1. The minimum Gasteiger partial charge on any atom is -0.268 e. The van der Waals surface area contributed by atoms with E-state index < -0.39 is 0 Å². The number of rotatable bonds is 2. The quantitative estimate of drug-likeness (QED) is 0.629. The molecule has 3 rings (SSSR count). The Kier molecular flexibility index (Phi) is 2.95.